The Kier molecular flexibility index (Phi) is 3.91. The molecule has 2 aromatic rings. The summed E-state index contributed by atoms with van der Waals surface area (Å²) in [6.07, 6.45) is 2.18. The van der Waals surface area contributed by atoms with E-state index in [-0.39, 0.29) is 5.69 Å². The standard InChI is InChI=1S/C13H15N3O3/c1-9-3-4-11(16(17)18)10(7-9)12-8-15-13(19-12)5-6-14-2/h3-4,7-8,14H,5-6H2,1-2H3. The molecule has 0 aliphatic heterocycles. The van der Waals surface area contributed by atoms with Crippen LogP contribution in [0.15, 0.2) is 28.8 Å². The predicted octanol–water partition coefficient (Wildman–Crippen LogP) is 2.32. The Morgan fingerprint density at radius 2 is 2.26 bits per heavy atom. The van der Waals surface area contributed by atoms with E-state index in [0.717, 1.165) is 12.1 Å². The highest BCUT2D eigenvalue weighted by atomic mass is 16.6. The normalized spacial score (nSPS) is 10.6. The third kappa shape index (κ3) is 2.97. The van der Waals surface area contributed by atoms with Gasteiger partial charge in [0.05, 0.1) is 16.7 Å². The Hall–Kier alpha value is -2.21. The number of aryl methyl sites for hydroxylation is 1. The van der Waals surface area contributed by atoms with Crippen LogP contribution in [0, 0.1) is 17.0 Å². The maximum absolute atomic E-state index is 11.0. The smallest absolute Gasteiger partial charge is 0.280 e. The zero-order valence-electron chi connectivity index (χ0n) is 10.8. The van der Waals surface area contributed by atoms with Gasteiger partial charge in [-0.05, 0) is 25.6 Å². The number of hydrogen-bond donors (Lipinski definition) is 1. The molecule has 0 unspecified atom stereocenters. The van der Waals surface area contributed by atoms with E-state index in [1.807, 2.05) is 14.0 Å². The minimum Gasteiger partial charge on any atom is -0.440 e. The molecule has 6 heteroatoms. The summed E-state index contributed by atoms with van der Waals surface area (Å²) < 4.78 is 5.56. The van der Waals surface area contributed by atoms with E-state index in [9.17, 15) is 10.1 Å². The number of rotatable bonds is 5. The molecule has 0 bridgehead atoms. The molecule has 100 valence electrons. The number of nitrogens with zero attached hydrogens (tertiary/aromatic N) is 2. The predicted molar refractivity (Wildman–Crippen MR) is 71.0 cm³/mol. The summed E-state index contributed by atoms with van der Waals surface area (Å²) >= 11 is 0. The van der Waals surface area contributed by atoms with Crippen molar-refractivity contribution in [3.8, 4) is 11.3 Å². The van der Waals surface area contributed by atoms with Crippen molar-refractivity contribution in [3.05, 3.63) is 46.0 Å². The second kappa shape index (κ2) is 5.62. The highest BCUT2D eigenvalue weighted by molar-refractivity contribution is 5.69. The van der Waals surface area contributed by atoms with Crippen molar-refractivity contribution < 1.29 is 9.34 Å². The van der Waals surface area contributed by atoms with Gasteiger partial charge in [-0.2, -0.15) is 0 Å². The van der Waals surface area contributed by atoms with Crippen LogP contribution in [-0.4, -0.2) is 23.5 Å². The Morgan fingerprint density at radius 1 is 1.47 bits per heavy atom. The third-order valence-electron chi connectivity index (χ3n) is 2.76. The molecule has 0 radical (unpaired) electrons. The zero-order chi connectivity index (χ0) is 13.8. The second-order valence-corrected chi connectivity index (χ2v) is 4.25. The zero-order valence-corrected chi connectivity index (χ0v) is 10.8. The molecule has 0 aliphatic carbocycles. The molecule has 1 N–H and O–H groups in total. The van der Waals surface area contributed by atoms with E-state index in [1.165, 1.54) is 12.3 Å². The summed E-state index contributed by atoms with van der Waals surface area (Å²) in [6, 6.07) is 4.93. The van der Waals surface area contributed by atoms with Gasteiger partial charge in [0.15, 0.2) is 11.7 Å². The molecule has 0 fully saturated rings. The van der Waals surface area contributed by atoms with Gasteiger partial charge in [0.25, 0.3) is 5.69 Å². The Balaban J connectivity index is 2.37. The molecule has 0 amide bonds. The van der Waals surface area contributed by atoms with Crippen molar-refractivity contribution in [3.63, 3.8) is 0 Å². The van der Waals surface area contributed by atoms with E-state index < -0.39 is 4.92 Å². The van der Waals surface area contributed by atoms with Crippen LogP contribution in [0.25, 0.3) is 11.3 Å². The van der Waals surface area contributed by atoms with Gasteiger partial charge in [-0.15, -0.1) is 0 Å². The molecular formula is C13H15N3O3. The molecule has 6 nitrogen and oxygen atoms in total. The Labute approximate surface area is 110 Å². The van der Waals surface area contributed by atoms with E-state index in [2.05, 4.69) is 10.3 Å². The lowest BCUT2D eigenvalue weighted by Gasteiger charge is -2.01. The van der Waals surface area contributed by atoms with Crippen molar-refractivity contribution in [2.45, 2.75) is 13.3 Å². The summed E-state index contributed by atoms with van der Waals surface area (Å²) in [7, 11) is 1.84. The van der Waals surface area contributed by atoms with Gasteiger partial charge < -0.3 is 9.73 Å². The van der Waals surface area contributed by atoms with Gasteiger partial charge >= 0.3 is 0 Å². The first-order valence-electron chi connectivity index (χ1n) is 5.96. The van der Waals surface area contributed by atoms with E-state index in [1.54, 1.807) is 12.1 Å². The fraction of sp³-hybridized carbons (Fsp3) is 0.308. The van der Waals surface area contributed by atoms with Crippen molar-refractivity contribution in [2.24, 2.45) is 0 Å². The number of nitrogens with one attached hydrogen (secondary N) is 1. The highest BCUT2D eigenvalue weighted by Gasteiger charge is 2.18. The SMILES string of the molecule is CNCCc1ncc(-c2cc(C)ccc2[N+](=O)[O-])o1. The van der Waals surface area contributed by atoms with Crippen molar-refractivity contribution in [2.75, 3.05) is 13.6 Å². The monoisotopic (exact) mass is 261 g/mol. The van der Waals surface area contributed by atoms with Crippen LogP contribution in [-0.2, 0) is 6.42 Å². The van der Waals surface area contributed by atoms with E-state index in [0.29, 0.717) is 23.6 Å². The molecular weight excluding hydrogens is 246 g/mol. The van der Waals surface area contributed by atoms with Crippen LogP contribution in [0.4, 0.5) is 5.69 Å². The maximum atomic E-state index is 11.0. The van der Waals surface area contributed by atoms with Crippen LogP contribution >= 0.6 is 0 Å². The molecule has 0 saturated carbocycles. The van der Waals surface area contributed by atoms with Crippen molar-refractivity contribution in [1.29, 1.82) is 0 Å². The topological polar surface area (TPSA) is 81.2 Å². The summed E-state index contributed by atoms with van der Waals surface area (Å²) in [5.41, 5.74) is 1.43. The minimum absolute atomic E-state index is 0.0296. The molecule has 1 heterocycles. The number of nitro benzene ring substituents is 1. The van der Waals surface area contributed by atoms with Gasteiger partial charge in [-0.1, -0.05) is 6.07 Å². The van der Waals surface area contributed by atoms with Crippen LogP contribution in [0.3, 0.4) is 0 Å². The number of benzene rings is 1. The maximum Gasteiger partial charge on any atom is 0.280 e. The molecule has 0 spiro atoms. The lowest BCUT2D eigenvalue weighted by atomic mass is 10.1. The first-order valence-corrected chi connectivity index (χ1v) is 5.96. The summed E-state index contributed by atoms with van der Waals surface area (Å²) in [5, 5.41) is 14.0. The summed E-state index contributed by atoms with van der Waals surface area (Å²) in [5.74, 6) is 1.00. The Bertz CT molecular complexity index is 593. The average molecular weight is 261 g/mol. The molecule has 0 aliphatic rings. The van der Waals surface area contributed by atoms with E-state index in [4.69, 9.17) is 4.42 Å². The first kappa shape index (κ1) is 13.2. The quantitative estimate of drug-likeness (QED) is 0.659. The summed E-state index contributed by atoms with van der Waals surface area (Å²) in [6.45, 7) is 2.63. The molecule has 0 atom stereocenters. The highest BCUT2D eigenvalue weighted by Crippen LogP contribution is 2.31. The van der Waals surface area contributed by atoms with Crippen LogP contribution < -0.4 is 5.32 Å². The van der Waals surface area contributed by atoms with E-state index >= 15 is 0 Å². The lowest BCUT2D eigenvalue weighted by molar-refractivity contribution is -0.384. The number of oxazole rings is 1. The van der Waals surface area contributed by atoms with Crippen LogP contribution in [0.2, 0.25) is 0 Å². The van der Waals surface area contributed by atoms with Crippen molar-refractivity contribution >= 4 is 5.69 Å². The largest absolute Gasteiger partial charge is 0.440 e. The molecule has 1 aromatic carbocycles. The van der Waals surface area contributed by atoms with Gasteiger partial charge in [0.1, 0.15) is 0 Å². The second-order valence-electron chi connectivity index (χ2n) is 4.25. The van der Waals surface area contributed by atoms with Gasteiger partial charge in [0, 0.05) is 19.0 Å². The molecule has 0 saturated heterocycles. The average Bonchev–Trinajstić information content (AvgIpc) is 2.84. The Morgan fingerprint density at radius 3 is 2.95 bits per heavy atom. The fourth-order valence-corrected chi connectivity index (χ4v) is 1.79. The number of likely N-dealkylation sites (N-methyl/N-ethyl adjacent to an activating group) is 1. The molecule has 19 heavy (non-hydrogen) atoms. The lowest BCUT2D eigenvalue weighted by Crippen LogP contribution is -2.10. The van der Waals surface area contributed by atoms with Crippen molar-refractivity contribution in [1.82, 2.24) is 10.3 Å². The number of hydrogen-bond acceptors (Lipinski definition) is 5. The van der Waals surface area contributed by atoms with Gasteiger partial charge in [-0.3, -0.25) is 10.1 Å². The van der Waals surface area contributed by atoms with Gasteiger partial charge in [-0.25, -0.2) is 4.98 Å². The fourth-order valence-electron chi connectivity index (χ4n) is 1.79. The summed E-state index contributed by atoms with van der Waals surface area (Å²) in [4.78, 5) is 14.7. The van der Waals surface area contributed by atoms with Crippen LogP contribution in [0.5, 0.6) is 0 Å². The molecule has 2 rings (SSSR count). The minimum atomic E-state index is -0.412. The molecule has 1 aromatic heterocycles. The first-order chi connectivity index (χ1) is 9.11. The van der Waals surface area contributed by atoms with Crippen LogP contribution in [0.1, 0.15) is 11.5 Å². The number of aromatic nitrogens is 1. The number of nitro groups is 1. The van der Waals surface area contributed by atoms with Gasteiger partial charge in [0.2, 0.25) is 0 Å². The third-order valence-corrected chi connectivity index (χ3v) is 2.76.